The van der Waals surface area contributed by atoms with Crippen LogP contribution in [0.25, 0.3) is 22.2 Å². The number of hydrogen-bond donors (Lipinski definition) is 2. The first kappa shape index (κ1) is 21.0. The molecule has 3 aromatic rings. The third-order valence-electron chi connectivity index (χ3n) is 6.50. The summed E-state index contributed by atoms with van der Waals surface area (Å²) in [6.45, 7) is 1.67. The molecule has 0 spiro atoms. The van der Waals surface area contributed by atoms with E-state index >= 15 is 0 Å². The minimum atomic E-state index is -2.38. The molecular formula is C23H24IN3O3S. The van der Waals surface area contributed by atoms with E-state index in [9.17, 15) is 9.00 Å². The molecule has 1 amide bonds. The molecule has 2 aliphatic rings. The molecule has 5 rings (SSSR count). The number of carbonyl (C=O) groups is 1. The molecule has 2 aromatic carbocycles. The van der Waals surface area contributed by atoms with Gasteiger partial charge >= 0.3 is 0 Å². The highest BCUT2D eigenvalue weighted by atomic mass is 127. The first-order valence-corrected chi connectivity index (χ1v) is 12.7. The Bertz CT molecular complexity index is 1190. The number of nitrogens with zero attached hydrogens (tertiary/aromatic N) is 2. The van der Waals surface area contributed by atoms with E-state index < -0.39 is 17.2 Å². The Hall–Kier alpha value is -1.91. The fourth-order valence-corrected chi connectivity index (χ4v) is 6.09. The van der Waals surface area contributed by atoms with Gasteiger partial charge in [-0.2, -0.15) is 0 Å². The number of amides is 1. The van der Waals surface area contributed by atoms with Crippen LogP contribution in [-0.2, 0) is 17.8 Å². The van der Waals surface area contributed by atoms with Crippen molar-refractivity contribution in [2.75, 3.05) is 9.66 Å². The molecule has 8 heteroatoms. The van der Waals surface area contributed by atoms with Crippen molar-refractivity contribution in [2.24, 2.45) is 0 Å². The summed E-state index contributed by atoms with van der Waals surface area (Å²) in [5, 5.41) is 1.19. The molecule has 1 saturated carbocycles. The molecule has 1 fully saturated rings. The second-order valence-electron chi connectivity index (χ2n) is 8.26. The Morgan fingerprint density at radius 3 is 2.65 bits per heavy atom. The van der Waals surface area contributed by atoms with Crippen molar-refractivity contribution in [1.82, 2.24) is 9.29 Å². The molecule has 1 unspecified atom stereocenters. The van der Waals surface area contributed by atoms with Crippen molar-refractivity contribution >= 4 is 56.6 Å². The minimum absolute atomic E-state index is 0.397. The van der Waals surface area contributed by atoms with Crippen LogP contribution in [0.2, 0.25) is 0 Å². The van der Waals surface area contributed by atoms with Gasteiger partial charge in [0.1, 0.15) is 0 Å². The van der Waals surface area contributed by atoms with Gasteiger partial charge < -0.3 is 7.68 Å². The predicted molar refractivity (Wildman–Crippen MR) is 133 cm³/mol. The number of para-hydroxylation sites is 1. The van der Waals surface area contributed by atoms with Crippen molar-refractivity contribution in [3.05, 3.63) is 53.6 Å². The Labute approximate surface area is 197 Å². The maximum Gasteiger partial charge on any atom is 0.264 e. The van der Waals surface area contributed by atoms with E-state index in [1.165, 1.54) is 60.0 Å². The summed E-state index contributed by atoms with van der Waals surface area (Å²) in [4.78, 5) is 12.4. The molecule has 1 aliphatic carbocycles. The van der Waals surface area contributed by atoms with Crippen LogP contribution < -0.4 is 7.84 Å². The summed E-state index contributed by atoms with van der Waals surface area (Å²) in [6, 6.07) is 14.2. The minimum Gasteiger partial charge on any atom is -0.338 e. The van der Waals surface area contributed by atoms with E-state index in [4.69, 9.17) is 4.55 Å². The number of rotatable bonds is 3. The highest BCUT2D eigenvalue weighted by Crippen LogP contribution is 2.47. The fraction of sp³-hybridized carbons (Fsp3) is 0.348. The average Bonchev–Trinajstić information content (AvgIpc) is 3.03. The Morgan fingerprint density at radius 1 is 1.10 bits per heavy atom. The van der Waals surface area contributed by atoms with Crippen LogP contribution in [-0.4, -0.2) is 25.8 Å². The normalized spacial score (nSPS) is 17.7. The maximum absolute atomic E-state index is 12.4. The largest absolute Gasteiger partial charge is 0.338 e. The summed E-state index contributed by atoms with van der Waals surface area (Å²) < 4.78 is 26.8. The molecule has 1 atom stereocenters. The average molecular weight is 549 g/mol. The third-order valence-corrected chi connectivity index (χ3v) is 7.86. The van der Waals surface area contributed by atoms with E-state index in [0.717, 1.165) is 18.6 Å². The Morgan fingerprint density at radius 2 is 1.87 bits per heavy atom. The Balaban J connectivity index is 1.77. The molecule has 162 valence electrons. The van der Waals surface area contributed by atoms with Crippen molar-refractivity contribution in [3.8, 4) is 11.3 Å². The monoisotopic (exact) mass is 549 g/mol. The zero-order valence-corrected chi connectivity index (χ0v) is 20.0. The van der Waals surface area contributed by atoms with Crippen LogP contribution in [0, 0.1) is 0 Å². The maximum atomic E-state index is 12.4. The van der Waals surface area contributed by atoms with Crippen molar-refractivity contribution in [3.63, 3.8) is 0 Å². The molecule has 0 radical (unpaired) electrons. The van der Waals surface area contributed by atoms with E-state index in [1.807, 2.05) is 12.1 Å². The summed E-state index contributed by atoms with van der Waals surface area (Å²) in [5.74, 6) is -0.0343. The number of halogens is 1. The summed E-state index contributed by atoms with van der Waals surface area (Å²) in [5.41, 5.74) is 6.53. The van der Waals surface area contributed by atoms with Crippen LogP contribution >= 0.6 is 22.9 Å². The number of benzene rings is 2. The lowest BCUT2D eigenvalue weighted by atomic mass is 9.81. The lowest BCUT2D eigenvalue weighted by Crippen LogP contribution is -2.24. The zero-order valence-electron chi connectivity index (χ0n) is 17.0. The Kier molecular flexibility index (Phi) is 5.78. The van der Waals surface area contributed by atoms with Gasteiger partial charge in [-0.3, -0.25) is 9.35 Å². The first-order chi connectivity index (χ1) is 15.0. The van der Waals surface area contributed by atoms with E-state index in [1.54, 1.807) is 6.07 Å². The van der Waals surface area contributed by atoms with Gasteiger partial charge in [-0.05, 0) is 42.5 Å². The van der Waals surface area contributed by atoms with E-state index in [-0.39, 0.29) is 0 Å². The van der Waals surface area contributed by atoms with Crippen LogP contribution in [0.1, 0.15) is 53.9 Å². The summed E-state index contributed by atoms with van der Waals surface area (Å²) >= 11 is 0.00179. The predicted octanol–water partition coefficient (Wildman–Crippen LogP) is 5.39. The lowest BCUT2D eigenvalue weighted by molar-refractivity contribution is 0.0981. The second kappa shape index (κ2) is 8.55. The number of aromatic nitrogens is 1. The highest BCUT2D eigenvalue weighted by molar-refractivity contribution is 14.1. The SMILES string of the molecule is O=C(NS(=O)O)c1ccc2c(C3CCCCC3)c3n(c2c1)CCN(I)c1ccccc1-3. The van der Waals surface area contributed by atoms with Gasteiger partial charge in [0.2, 0.25) is 0 Å². The molecule has 1 aliphatic heterocycles. The van der Waals surface area contributed by atoms with Gasteiger partial charge in [0.25, 0.3) is 17.2 Å². The molecule has 0 saturated heterocycles. The third kappa shape index (κ3) is 3.78. The van der Waals surface area contributed by atoms with Gasteiger partial charge in [-0.25, -0.2) is 8.93 Å². The molecule has 2 N–H and O–H groups in total. The van der Waals surface area contributed by atoms with Crippen LogP contribution in [0.15, 0.2) is 42.5 Å². The van der Waals surface area contributed by atoms with Gasteiger partial charge in [0, 0.05) is 35.1 Å². The standard InChI is InChI=1S/C23H24IN3O3S/c24-27-13-12-26-20-14-16(23(28)25-31(29)30)10-11-17(20)21(15-6-2-1-3-7-15)22(26)18-8-4-5-9-19(18)27/h4-5,8-11,14-15H,1-3,6-7,12-13H2,(H,25,28)(H,29,30). The smallest absolute Gasteiger partial charge is 0.264 e. The fourth-order valence-electron chi connectivity index (χ4n) is 5.18. The van der Waals surface area contributed by atoms with Crippen LogP contribution in [0.4, 0.5) is 5.69 Å². The number of hydrogen-bond acceptors (Lipinski definition) is 3. The van der Waals surface area contributed by atoms with Gasteiger partial charge in [0.05, 0.1) is 34.2 Å². The summed E-state index contributed by atoms with van der Waals surface area (Å²) in [6.07, 6.45) is 6.17. The van der Waals surface area contributed by atoms with Crippen molar-refractivity contribution in [1.29, 1.82) is 0 Å². The molecule has 31 heavy (non-hydrogen) atoms. The molecule has 1 aromatic heterocycles. The number of nitrogens with one attached hydrogen (secondary N) is 1. The van der Waals surface area contributed by atoms with Gasteiger partial charge in [-0.15, -0.1) is 0 Å². The molecule has 2 heterocycles. The van der Waals surface area contributed by atoms with Gasteiger partial charge in [-0.1, -0.05) is 43.5 Å². The number of carbonyl (C=O) groups excluding carboxylic acids is 1. The molecular weight excluding hydrogens is 525 g/mol. The topological polar surface area (TPSA) is 74.6 Å². The van der Waals surface area contributed by atoms with E-state index in [0.29, 0.717) is 11.5 Å². The van der Waals surface area contributed by atoms with Crippen LogP contribution in [0.5, 0.6) is 0 Å². The lowest BCUT2D eigenvalue weighted by Gasteiger charge is -2.24. The molecule has 6 nitrogen and oxygen atoms in total. The quantitative estimate of drug-likeness (QED) is 0.261. The van der Waals surface area contributed by atoms with Crippen molar-refractivity contribution < 1.29 is 13.6 Å². The second-order valence-corrected chi connectivity index (χ2v) is 10.1. The number of fused-ring (bicyclic) bond motifs is 5. The molecule has 0 bridgehead atoms. The highest BCUT2D eigenvalue weighted by Gasteiger charge is 2.30. The van der Waals surface area contributed by atoms with Gasteiger partial charge in [0.15, 0.2) is 0 Å². The number of anilines is 1. The first-order valence-electron chi connectivity index (χ1n) is 10.7. The summed E-state index contributed by atoms with van der Waals surface area (Å²) in [7, 11) is 0. The van der Waals surface area contributed by atoms with E-state index in [2.05, 4.69) is 59.5 Å². The zero-order chi connectivity index (χ0) is 21.5. The van der Waals surface area contributed by atoms with Crippen LogP contribution in [0.3, 0.4) is 0 Å². The van der Waals surface area contributed by atoms with Crippen molar-refractivity contribution in [2.45, 2.75) is 44.6 Å².